The summed E-state index contributed by atoms with van der Waals surface area (Å²) >= 11 is 0. The van der Waals surface area contributed by atoms with E-state index < -0.39 is 12.2 Å². The molecule has 0 bridgehead atoms. The summed E-state index contributed by atoms with van der Waals surface area (Å²) in [6.45, 7) is 0.356. The molecule has 2 N–H and O–H groups in total. The fourth-order valence-electron chi connectivity index (χ4n) is 1.70. The number of likely N-dealkylation sites (tertiary alicyclic amines) is 1. The van der Waals surface area contributed by atoms with Gasteiger partial charge in [0, 0.05) is 31.6 Å². The zero-order valence-corrected chi connectivity index (χ0v) is 9.23. The molecule has 90 valence electrons. The second kappa shape index (κ2) is 5.07. The molecule has 1 fully saturated rings. The Morgan fingerprint density at radius 1 is 1.41 bits per heavy atom. The van der Waals surface area contributed by atoms with Gasteiger partial charge in [-0.25, -0.2) is 0 Å². The van der Waals surface area contributed by atoms with Crippen molar-refractivity contribution in [2.45, 2.75) is 12.2 Å². The summed E-state index contributed by atoms with van der Waals surface area (Å²) in [5, 5.41) is 18.6. The van der Waals surface area contributed by atoms with Gasteiger partial charge >= 0.3 is 0 Å². The van der Waals surface area contributed by atoms with Gasteiger partial charge in [-0.15, -0.1) is 0 Å². The van der Waals surface area contributed by atoms with Crippen LogP contribution in [-0.4, -0.2) is 51.3 Å². The highest BCUT2D eigenvalue weighted by molar-refractivity contribution is 5.92. The lowest BCUT2D eigenvalue weighted by molar-refractivity contribution is -0.125. The molecular formula is C12H14N2O3. The zero-order valence-electron chi connectivity index (χ0n) is 9.23. The van der Waals surface area contributed by atoms with Crippen LogP contribution in [0.5, 0.6) is 0 Å². The lowest BCUT2D eigenvalue weighted by Gasteiger charge is -2.11. The molecule has 1 saturated heterocycles. The first-order valence-electron chi connectivity index (χ1n) is 5.40. The van der Waals surface area contributed by atoms with Crippen LogP contribution in [0.25, 0.3) is 6.08 Å². The number of β-amino-alcohol motifs (C(OH)–C–C–N with tert-alkyl or cyclic N) is 2. The van der Waals surface area contributed by atoms with E-state index in [1.54, 1.807) is 24.5 Å². The third-order valence-corrected chi connectivity index (χ3v) is 2.67. The molecule has 5 heteroatoms. The minimum absolute atomic E-state index is 0.178. The van der Waals surface area contributed by atoms with Crippen LogP contribution in [0.4, 0.5) is 0 Å². The molecule has 2 atom stereocenters. The quantitative estimate of drug-likeness (QED) is 0.686. The van der Waals surface area contributed by atoms with Gasteiger partial charge in [0.05, 0.1) is 12.2 Å². The first-order chi connectivity index (χ1) is 8.16. The maximum atomic E-state index is 11.7. The van der Waals surface area contributed by atoms with E-state index in [1.807, 2.05) is 6.07 Å². The molecule has 0 unspecified atom stereocenters. The van der Waals surface area contributed by atoms with Crippen molar-refractivity contribution in [2.24, 2.45) is 0 Å². The molecule has 0 saturated carbocycles. The van der Waals surface area contributed by atoms with E-state index >= 15 is 0 Å². The Morgan fingerprint density at radius 3 is 2.71 bits per heavy atom. The average molecular weight is 234 g/mol. The highest BCUT2D eigenvalue weighted by atomic mass is 16.3. The summed E-state index contributed by atoms with van der Waals surface area (Å²) in [6.07, 6.45) is 4.70. The number of carbonyl (C=O) groups excluding carboxylic acids is 1. The normalized spacial score (nSPS) is 24.5. The first kappa shape index (κ1) is 11.8. The average Bonchev–Trinajstić information content (AvgIpc) is 2.68. The van der Waals surface area contributed by atoms with Gasteiger partial charge in [0.25, 0.3) is 0 Å². The van der Waals surface area contributed by atoms with Gasteiger partial charge in [0.1, 0.15) is 0 Å². The van der Waals surface area contributed by atoms with Gasteiger partial charge in [-0.3, -0.25) is 9.78 Å². The number of amides is 1. The number of nitrogens with zero attached hydrogens (tertiary/aromatic N) is 2. The number of rotatable bonds is 2. The Morgan fingerprint density at radius 2 is 2.12 bits per heavy atom. The van der Waals surface area contributed by atoms with Gasteiger partial charge in [0.15, 0.2) is 0 Å². The van der Waals surface area contributed by atoms with E-state index in [4.69, 9.17) is 0 Å². The van der Waals surface area contributed by atoms with Crippen molar-refractivity contribution in [1.82, 2.24) is 9.88 Å². The molecule has 0 aliphatic carbocycles. The Labute approximate surface area is 99.0 Å². The molecule has 2 rings (SSSR count). The zero-order chi connectivity index (χ0) is 12.3. The fraction of sp³-hybridized carbons (Fsp3) is 0.333. The topological polar surface area (TPSA) is 73.7 Å². The van der Waals surface area contributed by atoms with Gasteiger partial charge in [-0.05, 0) is 17.7 Å². The molecule has 0 radical (unpaired) electrons. The molecule has 1 aromatic rings. The number of carbonyl (C=O) groups is 1. The number of hydrogen-bond acceptors (Lipinski definition) is 4. The summed E-state index contributed by atoms with van der Waals surface area (Å²) in [5.41, 5.74) is 0.834. The van der Waals surface area contributed by atoms with Crippen LogP contribution in [0, 0.1) is 0 Å². The highest BCUT2D eigenvalue weighted by Gasteiger charge is 2.31. The van der Waals surface area contributed by atoms with Crippen molar-refractivity contribution in [3.63, 3.8) is 0 Å². The standard InChI is InChI=1S/C12H14N2O3/c15-10-7-14(8-11(10)16)12(17)4-3-9-2-1-5-13-6-9/h1-6,10-11,15-16H,7-8H2/t10-,11+. The number of aliphatic hydroxyl groups is 2. The lowest BCUT2D eigenvalue weighted by atomic mass is 10.2. The van der Waals surface area contributed by atoms with Crippen molar-refractivity contribution in [1.29, 1.82) is 0 Å². The van der Waals surface area contributed by atoms with Gasteiger partial charge < -0.3 is 15.1 Å². The SMILES string of the molecule is O=C(C=Cc1cccnc1)N1C[C@@H](O)[C@@H](O)C1. The molecule has 0 aromatic carbocycles. The van der Waals surface area contributed by atoms with E-state index in [0.717, 1.165) is 5.56 Å². The summed E-state index contributed by atoms with van der Waals surface area (Å²) in [4.78, 5) is 17.1. The highest BCUT2D eigenvalue weighted by Crippen LogP contribution is 2.11. The van der Waals surface area contributed by atoms with E-state index in [-0.39, 0.29) is 19.0 Å². The molecule has 2 heterocycles. The van der Waals surface area contributed by atoms with Gasteiger partial charge in [0.2, 0.25) is 5.91 Å². The monoisotopic (exact) mass is 234 g/mol. The van der Waals surface area contributed by atoms with Crippen LogP contribution in [0.3, 0.4) is 0 Å². The maximum absolute atomic E-state index is 11.7. The Kier molecular flexibility index (Phi) is 3.51. The van der Waals surface area contributed by atoms with Crippen molar-refractivity contribution < 1.29 is 15.0 Å². The smallest absolute Gasteiger partial charge is 0.246 e. The van der Waals surface area contributed by atoms with Crippen molar-refractivity contribution in [3.05, 3.63) is 36.2 Å². The molecule has 5 nitrogen and oxygen atoms in total. The van der Waals surface area contributed by atoms with Crippen molar-refractivity contribution >= 4 is 12.0 Å². The van der Waals surface area contributed by atoms with E-state index in [9.17, 15) is 15.0 Å². The van der Waals surface area contributed by atoms with Crippen LogP contribution >= 0.6 is 0 Å². The third kappa shape index (κ3) is 2.89. The third-order valence-electron chi connectivity index (χ3n) is 2.67. The predicted molar refractivity (Wildman–Crippen MR) is 61.9 cm³/mol. The van der Waals surface area contributed by atoms with Gasteiger partial charge in [-0.1, -0.05) is 6.07 Å². The molecule has 1 amide bonds. The maximum Gasteiger partial charge on any atom is 0.246 e. The van der Waals surface area contributed by atoms with Crippen LogP contribution in [0.1, 0.15) is 5.56 Å². The molecule has 1 aliphatic heterocycles. The number of pyridine rings is 1. The van der Waals surface area contributed by atoms with Gasteiger partial charge in [-0.2, -0.15) is 0 Å². The van der Waals surface area contributed by atoms with Crippen molar-refractivity contribution in [3.8, 4) is 0 Å². The largest absolute Gasteiger partial charge is 0.388 e. The van der Waals surface area contributed by atoms with Crippen LogP contribution in [-0.2, 0) is 4.79 Å². The second-order valence-corrected chi connectivity index (χ2v) is 4.00. The molecule has 0 spiro atoms. The van der Waals surface area contributed by atoms with E-state index in [0.29, 0.717) is 0 Å². The summed E-state index contributed by atoms with van der Waals surface area (Å²) < 4.78 is 0. The van der Waals surface area contributed by atoms with Crippen LogP contribution in [0.15, 0.2) is 30.6 Å². The first-order valence-corrected chi connectivity index (χ1v) is 5.40. The molecular weight excluding hydrogens is 220 g/mol. The van der Waals surface area contributed by atoms with Crippen LogP contribution in [0.2, 0.25) is 0 Å². The Hall–Kier alpha value is -1.72. The Bertz CT molecular complexity index is 409. The molecule has 1 aliphatic rings. The van der Waals surface area contributed by atoms with E-state index in [1.165, 1.54) is 11.0 Å². The minimum Gasteiger partial charge on any atom is -0.388 e. The second-order valence-electron chi connectivity index (χ2n) is 4.00. The predicted octanol–water partition coefficient (Wildman–Crippen LogP) is -0.341. The Balaban J connectivity index is 1.96. The van der Waals surface area contributed by atoms with Crippen molar-refractivity contribution in [2.75, 3.05) is 13.1 Å². The fourth-order valence-corrected chi connectivity index (χ4v) is 1.70. The number of aliphatic hydroxyl groups excluding tert-OH is 2. The summed E-state index contributed by atoms with van der Waals surface area (Å²) in [5.74, 6) is -0.218. The lowest BCUT2D eigenvalue weighted by Crippen LogP contribution is -2.27. The number of aromatic nitrogens is 1. The number of hydrogen-bond donors (Lipinski definition) is 2. The van der Waals surface area contributed by atoms with E-state index in [2.05, 4.69) is 4.98 Å². The molecule has 1 aromatic heterocycles. The summed E-state index contributed by atoms with van der Waals surface area (Å²) in [7, 11) is 0. The summed E-state index contributed by atoms with van der Waals surface area (Å²) in [6, 6.07) is 3.62. The molecule has 17 heavy (non-hydrogen) atoms. The minimum atomic E-state index is -0.842. The van der Waals surface area contributed by atoms with Crippen LogP contribution < -0.4 is 0 Å².